The molecule has 1 aliphatic heterocycles. The molecule has 9 heteroatoms. The molecule has 1 fully saturated rings. The van der Waals surface area contributed by atoms with Crippen molar-refractivity contribution < 1.29 is 18.0 Å². The second kappa shape index (κ2) is 8.82. The van der Waals surface area contributed by atoms with Gasteiger partial charge in [-0.3, -0.25) is 9.59 Å². The molecule has 0 spiro atoms. The number of rotatable bonds is 5. The van der Waals surface area contributed by atoms with Crippen LogP contribution < -0.4 is 4.90 Å². The molecule has 0 aliphatic carbocycles. The van der Waals surface area contributed by atoms with Crippen LogP contribution in [0.15, 0.2) is 59.5 Å². The molecule has 2 aromatic carbocycles. The normalized spacial score (nSPS) is 14.4. The third kappa shape index (κ3) is 4.83. The van der Waals surface area contributed by atoms with E-state index in [4.69, 9.17) is 0 Å². The average Bonchev–Trinajstić information content (AvgIpc) is 3.20. The highest BCUT2D eigenvalue weighted by Gasteiger charge is 2.26. The summed E-state index contributed by atoms with van der Waals surface area (Å²) in [4.78, 5) is 29.0. The van der Waals surface area contributed by atoms with Crippen molar-refractivity contribution in [3.63, 3.8) is 0 Å². The maximum atomic E-state index is 13.3. The van der Waals surface area contributed by atoms with Crippen LogP contribution in [-0.4, -0.2) is 67.2 Å². The van der Waals surface area contributed by atoms with Gasteiger partial charge in [0.05, 0.1) is 16.3 Å². The lowest BCUT2D eigenvalue weighted by atomic mass is 10.1. The largest absolute Gasteiger partial charge is 0.368 e. The molecule has 1 aromatic heterocycles. The monoisotopic (exact) mass is 466 g/mol. The molecule has 1 aliphatic rings. The van der Waals surface area contributed by atoms with E-state index in [1.807, 2.05) is 31.2 Å². The van der Waals surface area contributed by atoms with E-state index in [1.165, 1.54) is 12.1 Å². The van der Waals surface area contributed by atoms with E-state index in [2.05, 4.69) is 10.00 Å². The Balaban J connectivity index is 1.49. The lowest BCUT2D eigenvalue weighted by Gasteiger charge is -2.36. The van der Waals surface area contributed by atoms with Crippen molar-refractivity contribution in [2.45, 2.75) is 18.7 Å². The number of sulfone groups is 1. The number of carbonyl (C=O) groups is 2. The summed E-state index contributed by atoms with van der Waals surface area (Å²) in [6.07, 6.45) is 1.16. The van der Waals surface area contributed by atoms with Crippen molar-refractivity contribution in [3.8, 4) is 5.69 Å². The topological polar surface area (TPSA) is 92.6 Å². The van der Waals surface area contributed by atoms with Crippen molar-refractivity contribution in [2.75, 3.05) is 37.3 Å². The Kier molecular flexibility index (Phi) is 6.07. The third-order valence-corrected chi connectivity index (χ3v) is 6.89. The van der Waals surface area contributed by atoms with E-state index in [9.17, 15) is 18.0 Å². The number of amides is 1. The maximum Gasteiger partial charge on any atom is 0.272 e. The van der Waals surface area contributed by atoms with Crippen LogP contribution in [0.4, 0.5) is 5.69 Å². The maximum absolute atomic E-state index is 13.3. The smallest absolute Gasteiger partial charge is 0.272 e. The Bertz CT molecular complexity index is 1290. The zero-order valence-corrected chi connectivity index (χ0v) is 19.7. The van der Waals surface area contributed by atoms with Gasteiger partial charge in [-0.25, -0.2) is 13.1 Å². The van der Waals surface area contributed by atoms with Crippen molar-refractivity contribution in [2.24, 2.45) is 0 Å². The fraction of sp³-hybridized carbons (Fsp3) is 0.292. The molecule has 0 radical (unpaired) electrons. The first-order valence-electron chi connectivity index (χ1n) is 10.7. The van der Waals surface area contributed by atoms with Gasteiger partial charge in [0.15, 0.2) is 15.6 Å². The standard InChI is InChI=1S/C24H26N4O4S/c1-17-16-23(28(25-17)21-8-10-22(11-9-21)33(3,31)32)24(30)27-14-12-26(13-15-27)20-6-4-19(5-7-20)18(2)29/h4-11,16H,12-15H2,1-3H3. The van der Waals surface area contributed by atoms with Crippen LogP contribution in [0, 0.1) is 6.92 Å². The third-order valence-electron chi connectivity index (χ3n) is 5.77. The number of aromatic nitrogens is 2. The van der Waals surface area contributed by atoms with Crippen molar-refractivity contribution in [3.05, 3.63) is 71.5 Å². The second-order valence-electron chi connectivity index (χ2n) is 8.23. The number of aryl methyl sites for hydroxylation is 1. The minimum absolute atomic E-state index is 0.0369. The number of carbonyl (C=O) groups excluding carboxylic acids is 2. The number of hydrogen-bond donors (Lipinski definition) is 0. The minimum atomic E-state index is -3.30. The zero-order valence-electron chi connectivity index (χ0n) is 18.9. The fourth-order valence-electron chi connectivity index (χ4n) is 3.92. The summed E-state index contributed by atoms with van der Waals surface area (Å²) in [7, 11) is -3.30. The van der Waals surface area contributed by atoms with Crippen LogP contribution in [0.5, 0.6) is 0 Å². The average molecular weight is 467 g/mol. The van der Waals surface area contributed by atoms with Crippen molar-refractivity contribution >= 4 is 27.2 Å². The Morgan fingerprint density at radius 1 is 0.879 bits per heavy atom. The molecule has 0 bridgehead atoms. The van der Waals surface area contributed by atoms with Crippen LogP contribution >= 0.6 is 0 Å². The lowest BCUT2D eigenvalue weighted by molar-refractivity contribution is 0.0737. The van der Waals surface area contributed by atoms with Crippen LogP contribution in [-0.2, 0) is 9.84 Å². The summed E-state index contributed by atoms with van der Waals surface area (Å²) in [6.45, 7) is 5.85. The molecular weight excluding hydrogens is 440 g/mol. The zero-order chi connectivity index (χ0) is 23.8. The molecular formula is C24H26N4O4S. The highest BCUT2D eigenvalue weighted by molar-refractivity contribution is 7.90. The van der Waals surface area contributed by atoms with Crippen LogP contribution in [0.2, 0.25) is 0 Å². The molecule has 0 saturated carbocycles. The summed E-state index contributed by atoms with van der Waals surface area (Å²) in [5.41, 5.74) is 3.48. The lowest BCUT2D eigenvalue weighted by Crippen LogP contribution is -2.49. The highest BCUT2D eigenvalue weighted by Crippen LogP contribution is 2.21. The minimum Gasteiger partial charge on any atom is -0.368 e. The van der Waals surface area contributed by atoms with E-state index in [0.29, 0.717) is 48.8 Å². The Hall–Kier alpha value is -3.46. The van der Waals surface area contributed by atoms with Gasteiger partial charge in [-0.05, 0) is 68.4 Å². The van der Waals surface area contributed by atoms with Crippen LogP contribution in [0.3, 0.4) is 0 Å². The quantitative estimate of drug-likeness (QED) is 0.537. The van der Waals surface area contributed by atoms with Gasteiger partial charge in [-0.1, -0.05) is 0 Å². The Morgan fingerprint density at radius 2 is 1.45 bits per heavy atom. The van der Waals surface area contributed by atoms with Gasteiger partial charge in [0.1, 0.15) is 5.69 Å². The predicted molar refractivity (Wildman–Crippen MR) is 126 cm³/mol. The molecule has 1 saturated heterocycles. The first-order valence-corrected chi connectivity index (χ1v) is 12.5. The number of Topliss-reactive ketones (excluding diaryl/α,β-unsaturated/α-hetero) is 1. The fourth-order valence-corrected chi connectivity index (χ4v) is 4.55. The van der Waals surface area contributed by atoms with Gasteiger partial charge in [0.2, 0.25) is 0 Å². The number of piperazine rings is 1. The number of ketones is 1. The van der Waals surface area contributed by atoms with Crippen molar-refractivity contribution in [1.82, 2.24) is 14.7 Å². The van der Waals surface area contributed by atoms with E-state index in [1.54, 1.807) is 34.7 Å². The van der Waals surface area contributed by atoms with Gasteiger partial charge in [-0.15, -0.1) is 0 Å². The van der Waals surface area contributed by atoms with Gasteiger partial charge in [0, 0.05) is 43.7 Å². The van der Waals surface area contributed by atoms with Gasteiger partial charge in [-0.2, -0.15) is 5.10 Å². The van der Waals surface area contributed by atoms with Gasteiger partial charge in [0.25, 0.3) is 5.91 Å². The van der Waals surface area contributed by atoms with Crippen LogP contribution in [0.1, 0.15) is 33.5 Å². The molecule has 0 atom stereocenters. The summed E-state index contributed by atoms with van der Waals surface area (Å²) in [6, 6.07) is 15.6. The summed E-state index contributed by atoms with van der Waals surface area (Å²) in [5.74, 6) is -0.0794. The molecule has 0 unspecified atom stereocenters. The first-order chi connectivity index (χ1) is 15.6. The number of anilines is 1. The van der Waals surface area contributed by atoms with E-state index in [-0.39, 0.29) is 16.6 Å². The first kappa shape index (κ1) is 22.7. The van der Waals surface area contributed by atoms with Crippen molar-refractivity contribution in [1.29, 1.82) is 0 Å². The second-order valence-corrected chi connectivity index (χ2v) is 10.2. The molecule has 4 rings (SSSR count). The summed E-state index contributed by atoms with van der Waals surface area (Å²) in [5, 5.41) is 4.46. The highest BCUT2D eigenvalue weighted by atomic mass is 32.2. The Morgan fingerprint density at radius 3 is 2.00 bits per heavy atom. The molecule has 1 amide bonds. The molecule has 3 aromatic rings. The Labute approximate surface area is 193 Å². The molecule has 0 N–H and O–H groups in total. The molecule has 2 heterocycles. The number of hydrogen-bond acceptors (Lipinski definition) is 6. The predicted octanol–water partition coefficient (Wildman–Crippen LogP) is 2.75. The number of nitrogens with zero attached hydrogens (tertiary/aromatic N) is 4. The van der Waals surface area contributed by atoms with E-state index >= 15 is 0 Å². The van der Waals surface area contributed by atoms with E-state index in [0.717, 1.165) is 11.9 Å². The van der Waals surface area contributed by atoms with Crippen LogP contribution in [0.25, 0.3) is 5.69 Å². The van der Waals surface area contributed by atoms with E-state index < -0.39 is 9.84 Å². The SMILES string of the molecule is CC(=O)c1ccc(N2CCN(C(=O)c3cc(C)nn3-c3ccc(S(C)(=O)=O)cc3)CC2)cc1. The number of benzene rings is 2. The molecule has 172 valence electrons. The molecule has 33 heavy (non-hydrogen) atoms. The van der Waals surface area contributed by atoms with Gasteiger partial charge >= 0.3 is 0 Å². The summed E-state index contributed by atoms with van der Waals surface area (Å²) >= 11 is 0. The summed E-state index contributed by atoms with van der Waals surface area (Å²) < 4.78 is 25.0. The molecule has 8 nitrogen and oxygen atoms in total. The van der Waals surface area contributed by atoms with Gasteiger partial charge < -0.3 is 9.80 Å².